The van der Waals surface area contributed by atoms with Gasteiger partial charge in [-0.1, -0.05) is 30.3 Å². The van der Waals surface area contributed by atoms with Gasteiger partial charge in [0.05, 0.1) is 0 Å². The summed E-state index contributed by atoms with van der Waals surface area (Å²) in [5.74, 6) is 0.488. The predicted molar refractivity (Wildman–Crippen MR) is 81.6 cm³/mol. The number of primary sulfonamides is 1. The lowest BCUT2D eigenvalue weighted by Gasteiger charge is -2.20. The van der Waals surface area contributed by atoms with E-state index >= 15 is 0 Å². The molecule has 1 heterocycles. The van der Waals surface area contributed by atoms with Crippen LogP contribution in [0.1, 0.15) is 17.9 Å². The molecule has 2 aromatic rings. The molecule has 110 valence electrons. The van der Waals surface area contributed by atoms with E-state index in [2.05, 4.69) is 22.0 Å². The van der Waals surface area contributed by atoms with Gasteiger partial charge in [0.1, 0.15) is 0 Å². The van der Waals surface area contributed by atoms with Crippen molar-refractivity contribution in [2.75, 3.05) is 11.9 Å². The van der Waals surface area contributed by atoms with Crippen molar-refractivity contribution in [3.63, 3.8) is 0 Å². The van der Waals surface area contributed by atoms with Crippen molar-refractivity contribution in [2.24, 2.45) is 5.14 Å². The first kappa shape index (κ1) is 14.0. The fraction of sp³-hybridized carbons (Fsp3) is 0.267. The number of hydrogen-bond acceptors (Lipinski definition) is 4. The highest BCUT2D eigenvalue weighted by molar-refractivity contribution is 7.89. The van der Waals surface area contributed by atoms with Crippen LogP contribution in [0, 0.1) is 0 Å². The first-order valence-electron chi connectivity index (χ1n) is 6.73. The lowest BCUT2D eigenvalue weighted by Crippen LogP contribution is -2.22. The van der Waals surface area contributed by atoms with Gasteiger partial charge in [-0.05, 0) is 18.1 Å². The van der Waals surface area contributed by atoms with Gasteiger partial charge in [-0.25, -0.2) is 18.5 Å². The molecule has 1 aliphatic rings. The third kappa shape index (κ3) is 2.91. The summed E-state index contributed by atoms with van der Waals surface area (Å²) in [5.41, 5.74) is 2.13. The van der Waals surface area contributed by atoms with E-state index in [0.717, 1.165) is 12.1 Å². The van der Waals surface area contributed by atoms with Crippen molar-refractivity contribution < 1.29 is 8.42 Å². The van der Waals surface area contributed by atoms with Gasteiger partial charge < -0.3 is 4.90 Å². The second-order valence-electron chi connectivity index (χ2n) is 5.33. The van der Waals surface area contributed by atoms with Crippen molar-refractivity contribution in [1.29, 1.82) is 0 Å². The van der Waals surface area contributed by atoms with Gasteiger partial charge in [0.2, 0.25) is 0 Å². The molecule has 2 atom stereocenters. The van der Waals surface area contributed by atoms with Crippen molar-refractivity contribution in [3.8, 4) is 0 Å². The van der Waals surface area contributed by atoms with Crippen LogP contribution >= 0.6 is 0 Å². The second-order valence-corrected chi connectivity index (χ2v) is 6.84. The van der Waals surface area contributed by atoms with Gasteiger partial charge >= 0.3 is 0 Å². The smallest absolute Gasteiger partial charge is 0.255 e. The standard InChI is InChI=1S/C15H17N3O2S/c1-18(12-7-8-17-15(9-12)21(16,19)20)14-10-13(14)11-5-3-2-4-6-11/h2-9,13-14H,10H2,1H3,(H2,16,19,20). The number of nitrogens with zero attached hydrogens (tertiary/aromatic N) is 2. The van der Waals surface area contributed by atoms with E-state index < -0.39 is 10.0 Å². The minimum atomic E-state index is -3.77. The Bertz CT molecular complexity index is 747. The molecule has 2 unspecified atom stereocenters. The summed E-state index contributed by atoms with van der Waals surface area (Å²) in [6.45, 7) is 0. The molecular weight excluding hydrogens is 286 g/mol. The van der Waals surface area contributed by atoms with Gasteiger partial charge in [0.15, 0.2) is 5.03 Å². The lowest BCUT2D eigenvalue weighted by molar-refractivity contribution is 0.594. The van der Waals surface area contributed by atoms with Crippen LogP contribution in [0.4, 0.5) is 5.69 Å². The number of aromatic nitrogens is 1. The predicted octanol–water partition coefficient (Wildman–Crippen LogP) is 1.72. The van der Waals surface area contributed by atoms with Crippen LogP contribution < -0.4 is 10.0 Å². The fourth-order valence-corrected chi connectivity index (χ4v) is 3.13. The number of rotatable bonds is 4. The van der Waals surface area contributed by atoms with Gasteiger partial charge in [-0.15, -0.1) is 0 Å². The number of pyridine rings is 1. The number of benzene rings is 1. The SMILES string of the molecule is CN(c1ccnc(S(N)(=O)=O)c1)C1CC1c1ccccc1. The Morgan fingerprint density at radius 2 is 1.95 bits per heavy atom. The van der Waals surface area contributed by atoms with Crippen LogP contribution in [0.5, 0.6) is 0 Å². The zero-order valence-corrected chi connectivity index (χ0v) is 12.5. The summed E-state index contributed by atoms with van der Waals surface area (Å²) in [6, 6.07) is 14.0. The van der Waals surface area contributed by atoms with Gasteiger partial charge in [0.25, 0.3) is 10.0 Å². The highest BCUT2D eigenvalue weighted by Crippen LogP contribution is 2.45. The summed E-state index contributed by atoms with van der Waals surface area (Å²) in [5, 5.41) is 5.03. The van der Waals surface area contributed by atoms with Gasteiger partial charge in [-0.3, -0.25) is 0 Å². The third-order valence-corrected chi connectivity index (χ3v) is 4.71. The summed E-state index contributed by atoms with van der Waals surface area (Å²) in [7, 11) is -1.80. The van der Waals surface area contributed by atoms with Crippen molar-refractivity contribution in [1.82, 2.24) is 4.98 Å². The van der Waals surface area contributed by atoms with Crippen molar-refractivity contribution in [3.05, 3.63) is 54.2 Å². The molecule has 3 rings (SSSR count). The average Bonchev–Trinajstić information content (AvgIpc) is 3.27. The van der Waals surface area contributed by atoms with Crippen LogP contribution in [0.3, 0.4) is 0 Å². The largest absolute Gasteiger partial charge is 0.371 e. The van der Waals surface area contributed by atoms with Crippen LogP contribution in [-0.2, 0) is 10.0 Å². The third-order valence-electron chi connectivity index (χ3n) is 3.90. The molecule has 0 spiro atoms. The highest BCUT2D eigenvalue weighted by atomic mass is 32.2. The molecule has 1 aliphatic carbocycles. The summed E-state index contributed by atoms with van der Waals surface area (Å²) in [6.07, 6.45) is 2.54. The van der Waals surface area contributed by atoms with E-state index in [1.54, 1.807) is 6.07 Å². The number of hydrogen-bond donors (Lipinski definition) is 1. The number of sulfonamides is 1. The summed E-state index contributed by atoms with van der Waals surface area (Å²) < 4.78 is 22.8. The quantitative estimate of drug-likeness (QED) is 0.933. The minimum Gasteiger partial charge on any atom is -0.371 e. The monoisotopic (exact) mass is 303 g/mol. The topological polar surface area (TPSA) is 76.3 Å². The molecular formula is C15H17N3O2S. The van der Waals surface area contributed by atoms with E-state index in [1.807, 2.05) is 25.2 Å². The molecule has 0 bridgehead atoms. The summed E-state index contributed by atoms with van der Waals surface area (Å²) in [4.78, 5) is 5.90. The molecule has 0 saturated heterocycles. The Hall–Kier alpha value is -1.92. The van der Waals surface area contributed by atoms with Crippen LogP contribution in [0.25, 0.3) is 0 Å². The first-order valence-corrected chi connectivity index (χ1v) is 8.28. The normalized spacial score (nSPS) is 21.0. The molecule has 1 aromatic carbocycles. The zero-order chi connectivity index (χ0) is 15.0. The van der Waals surface area contributed by atoms with E-state index in [9.17, 15) is 8.42 Å². The number of anilines is 1. The Labute approximate surface area is 124 Å². The summed E-state index contributed by atoms with van der Waals surface area (Å²) >= 11 is 0. The van der Waals surface area contributed by atoms with Crippen LogP contribution in [0.15, 0.2) is 53.7 Å². The van der Waals surface area contributed by atoms with E-state index in [0.29, 0.717) is 12.0 Å². The van der Waals surface area contributed by atoms with Crippen LogP contribution in [-0.4, -0.2) is 26.5 Å². The number of likely N-dealkylation sites (N-methyl/N-ethyl adjacent to an activating group) is 1. The fourth-order valence-electron chi connectivity index (χ4n) is 2.63. The maximum Gasteiger partial charge on any atom is 0.255 e. The molecule has 1 saturated carbocycles. The van der Waals surface area contributed by atoms with Crippen LogP contribution in [0.2, 0.25) is 0 Å². The van der Waals surface area contributed by atoms with Crippen molar-refractivity contribution in [2.45, 2.75) is 23.4 Å². The van der Waals surface area contributed by atoms with E-state index in [-0.39, 0.29) is 5.03 Å². The van der Waals surface area contributed by atoms with E-state index in [4.69, 9.17) is 5.14 Å². The average molecular weight is 303 g/mol. The van der Waals surface area contributed by atoms with Gasteiger partial charge in [0, 0.05) is 37.0 Å². The Balaban J connectivity index is 1.80. The molecule has 1 fully saturated rings. The zero-order valence-electron chi connectivity index (χ0n) is 11.7. The maximum atomic E-state index is 11.4. The van der Waals surface area contributed by atoms with Gasteiger partial charge in [-0.2, -0.15) is 0 Å². The second kappa shape index (κ2) is 5.13. The minimum absolute atomic E-state index is 0.0937. The Morgan fingerprint density at radius 1 is 1.24 bits per heavy atom. The molecule has 5 nitrogen and oxygen atoms in total. The molecule has 6 heteroatoms. The molecule has 21 heavy (non-hydrogen) atoms. The molecule has 1 aromatic heterocycles. The molecule has 2 N–H and O–H groups in total. The Morgan fingerprint density at radius 3 is 2.62 bits per heavy atom. The number of nitrogens with two attached hydrogens (primary N) is 1. The molecule has 0 aliphatic heterocycles. The Kier molecular flexibility index (Phi) is 3.43. The maximum absolute atomic E-state index is 11.4. The van der Waals surface area contributed by atoms with Crippen molar-refractivity contribution >= 4 is 15.7 Å². The lowest BCUT2D eigenvalue weighted by atomic mass is 10.1. The molecule has 0 amide bonds. The van der Waals surface area contributed by atoms with E-state index in [1.165, 1.54) is 17.8 Å². The molecule has 0 radical (unpaired) electrons. The first-order chi connectivity index (χ1) is 9.97. The highest BCUT2D eigenvalue weighted by Gasteiger charge is 2.41.